The second-order valence-corrected chi connectivity index (χ2v) is 5.19. The number of nitrogens with zero attached hydrogens (tertiary/aromatic N) is 1. The number of hydrogen-bond donors (Lipinski definition) is 2. The minimum Gasteiger partial charge on any atom is -0.390 e. The van der Waals surface area contributed by atoms with Crippen molar-refractivity contribution < 1.29 is 5.11 Å². The van der Waals surface area contributed by atoms with Gasteiger partial charge in [-0.3, -0.25) is 0 Å². The zero-order chi connectivity index (χ0) is 13.0. The van der Waals surface area contributed by atoms with E-state index in [2.05, 4.69) is 35.3 Å². The van der Waals surface area contributed by atoms with Gasteiger partial charge in [-0.15, -0.1) is 11.6 Å². The summed E-state index contributed by atoms with van der Waals surface area (Å²) >= 11 is 5.57. The van der Waals surface area contributed by atoms with Crippen molar-refractivity contribution in [3.63, 3.8) is 0 Å². The molecule has 1 aliphatic heterocycles. The fraction of sp³-hybridized carbons (Fsp3) is 0.571. The molecule has 18 heavy (non-hydrogen) atoms. The largest absolute Gasteiger partial charge is 0.390 e. The number of halogens is 1. The van der Waals surface area contributed by atoms with Gasteiger partial charge in [0, 0.05) is 31.0 Å². The van der Waals surface area contributed by atoms with Gasteiger partial charge in [-0.1, -0.05) is 0 Å². The summed E-state index contributed by atoms with van der Waals surface area (Å²) in [6.07, 6.45) is 2.09. The quantitative estimate of drug-likeness (QED) is 0.806. The number of aryl methyl sites for hydroxylation is 1. The highest BCUT2D eigenvalue weighted by atomic mass is 35.5. The van der Waals surface area contributed by atoms with Crippen molar-refractivity contribution in [3.05, 3.63) is 23.8 Å². The number of hydrogen-bond acceptors (Lipinski definition) is 3. The van der Waals surface area contributed by atoms with Crippen molar-refractivity contribution in [3.8, 4) is 0 Å². The molecule has 3 nitrogen and oxygen atoms in total. The maximum atomic E-state index is 9.43. The molecule has 0 saturated carbocycles. The van der Waals surface area contributed by atoms with Crippen molar-refractivity contribution in [2.45, 2.75) is 25.9 Å². The molecule has 1 saturated heterocycles. The third-order valence-electron chi connectivity index (χ3n) is 3.39. The lowest BCUT2D eigenvalue weighted by Crippen LogP contribution is -2.21. The number of aliphatic hydroxyl groups is 1. The molecule has 1 heterocycles. The second-order valence-electron chi connectivity index (χ2n) is 4.88. The smallest absolute Gasteiger partial charge is 0.0847 e. The lowest BCUT2D eigenvalue weighted by atomic mass is 10.1. The minimum absolute atomic E-state index is 0.262. The SMILES string of the molecule is Cc1cc(N2CCCC2)ccc1NCC(O)CCl. The zero-order valence-electron chi connectivity index (χ0n) is 10.8. The summed E-state index contributed by atoms with van der Waals surface area (Å²) in [5, 5.41) is 12.7. The van der Waals surface area contributed by atoms with E-state index in [4.69, 9.17) is 11.6 Å². The van der Waals surface area contributed by atoms with Crippen LogP contribution in [0.5, 0.6) is 0 Å². The average Bonchev–Trinajstić information content (AvgIpc) is 2.90. The standard InChI is InChI=1S/C14H21ClN2O/c1-11-8-12(17-6-2-3-7-17)4-5-14(11)16-10-13(18)9-15/h4-5,8,13,16,18H,2-3,6-7,9-10H2,1H3. The van der Waals surface area contributed by atoms with Gasteiger partial charge in [0.05, 0.1) is 12.0 Å². The molecule has 4 heteroatoms. The van der Waals surface area contributed by atoms with E-state index >= 15 is 0 Å². The molecule has 1 fully saturated rings. The summed E-state index contributed by atoms with van der Waals surface area (Å²) in [6.45, 7) is 4.91. The predicted molar refractivity (Wildman–Crippen MR) is 77.8 cm³/mol. The van der Waals surface area contributed by atoms with Crippen molar-refractivity contribution in [1.29, 1.82) is 0 Å². The molecule has 0 spiro atoms. The van der Waals surface area contributed by atoms with Gasteiger partial charge < -0.3 is 15.3 Å². The Morgan fingerprint density at radius 1 is 1.39 bits per heavy atom. The minimum atomic E-state index is -0.496. The van der Waals surface area contributed by atoms with Crippen molar-refractivity contribution >= 4 is 23.0 Å². The molecule has 2 rings (SSSR count). The first-order valence-electron chi connectivity index (χ1n) is 6.54. The molecule has 0 amide bonds. The van der Waals surface area contributed by atoms with Crippen LogP contribution >= 0.6 is 11.6 Å². The number of alkyl halides is 1. The Bertz CT molecular complexity index is 391. The Labute approximate surface area is 114 Å². The molecule has 1 aliphatic rings. The first-order chi connectivity index (χ1) is 8.70. The van der Waals surface area contributed by atoms with E-state index in [0.717, 1.165) is 18.8 Å². The molecule has 1 aromatic rings. The second kappa shape index (κ2) is 6.30. The van der Waals surface area contributed by atoms with Gasteiger partial charge in [-0.25, -0.2) is 0 Å². The van der Waals surface area contributed by atoms with E-state index in [1.165, 1.54) is 24.1 Å². The van der Waals surface area contributed by atoms with Gasteiger partial charge in [0.1, 0.15) is 0 Å². The summed E-state index contributed by atoms with van der Waals surface area (Å²) in [6, 6.07) is 6.44. The summed E-state index contributed by atoms with van der Waals surface area (Å²) < 4.78 is 0. The number of benzene rings is 1. The molecule has 2 N–H and O–H groups in total. The van der Waals surface area contributed by atoms with Gasteiger partial charge in [0.15, 0.2) is 0 Å². The Hall–Kier alpha value is -0.930. The van der Waals surface area contributed by atoms with Gasteiger partial charge >= 0.3 is 0 Å². The maximum absolute atomic E-state index is 9.43. The summed E-state index contributed by atoms with van der Waals surface area (Å²) in [5.41, 5.74) is 3.58. The van der Waals surface area contributed by atoms with Gasteiger partial charge in [0.25, 0.3) is 0 Å². The number of rotatable bonds is 5. The van der Waals surface area contributed by atoms with Crippen LogP contribution in [0.15, 0.2) is 18.2 Å². The van der Waals surface area contributed by atoms with Crippen molar-refractivity contribution in [1.82, 2.24) is 0 Å². The van der Waals surface area contributed by atoms with Crippen LogP contribution in [0.25, 0.3) is 0 Å². The topological polar surface area (TPSA) is 35.5 Å². The Balaban J connectivity index is 2.00. The van der Waals surface area contributed by atoms with Crippen LogP contribution in [0.4, 0.5) is 11.4 Å². The van der Waals surface area contributed by atoms with Gasteiger partial charge in [-0.05, 0) is 43.5 Å². The van der Waals surface area contributed by atoms with Crippen LogP contribution in [0.1, 0.15) is 18.4 Å². The molecule has 0 aromatic heterocycles. The van der Waals surface area contributed by atoms with E-state index < -0.39 is 6.10 Å². The number of anilines is 2. The first kappa shape index (κ1) is 13.5. The fourth-order valence-electron chi connectivity index (χ4n) is 2.30. The van der Waals surface area contributed by atoms with E-state index in [9.17, 15) is 5.11 Å². The molecule has 100 valence electrons. The molecule has 0 bridgehead atoms. The van der Waals surface area contributed by atoms with Crippen molar-refractivity contribution in [2.24, 2.45) is 0 Å². The van der Waals surface area contributed by atoms with Crippen molar-refractivity contribution in [2.75, 3.05) is 35.7 Å². The number of aliphatic hydroxyl groups excluding tert-OH is 1. The summed E-state index contributed by atoms with van der Waals surface area (Å²) in [4.78, 5) is 2.42. The van der Waals surface area contributed by atoms with Crippen LogP contribution in [0.3, 0.4) is 0 Å². The molecule has 0 aliphatic carbocycles. The molecule has 1 aromatic carbocycles. The van der Waals surface area contributed by atoms with E-state index in [1.807, 2.05) is 0 Å². The van der Waals surface area contributed by atoms with Crippen LogP contribution in [0, 0.1) is 6.92 Å². The van der Waals surface area contributed by atoms with Gasteiger partial charge in [0.2, 0.25) is 0 Å². The Kier molecular flexibility index (Phi) is 4.72. The van der Waals surface area contributed by atoms with Crippen LogP contribution < -0.4 is 10.2 Å². The molecule has 1 unspecified atom stereocenters. The number of nitrogens with one attached hydrogen (secondary N) is 1. The third-order valence-corrected chi connectivity index (χ3v) is 3.74. The molecule has 1 atom stereocenters. The van der Waals surface area contributed by atoms with E-state index in [1.54, 1.807) is 0 Å². The van der Waals surface area contributed by atoms with E-state index in [-0.39, 0.29) is 5.88 Å². The third kappa shape index (κ3) is 3.30. The Morgan fingerprint density at radius 3 is 2.72 bits per heavy atom. The molecular formula is C14H21ClN2O. The highest BCUT2D eigenvalue weighted by Gasteiger charge is 2.13. The Morgan fingerprint density at radius 2 is 2.11 bits per heavy atom. The monoisotopic (exact) mass is 268 g/mol. The normalized spacial score (nSPS) is 16.9. The maximum Gasteiger partial charge on any atom is 0.0847 e. The van der Waals surface area contributed by atoms with Crippen LogP contribution in [0.2, 0.25) is 0 Å². The zero-order valence-corrected chi connectivity index (χ0v) is 11.6. The molecule has 0 radical (unpaired) electrons. The molecular weight excluding hydrogens is 248 g/mol. The van der Waals surface area contributed by atoms with Gasteiger partial charge in [-0.2, -0.15) is 0 Å². The fourth-order valence-corrected chi connectivity index (χ4v) is 2.41. The summed E-state index contributed by atoms with van der Waals surface area (Å²) in [7, 11) is 0. The van der Waals surface area contributed by atoms with E-state index in [0.29, 0.717) is 6.54 Å². The predicted octanol–water partition coefficient (Wildman–Crippen LogP) is 2.61. The average molecular weight is 269 g/mol. The lowest BCUT2D eigenvalue weighted by molar-refractivity contribution is 0.211. The summed E-state index contributed by atoms with van der Waals surface area (Å²) in [5.74, 6) is 0.262. The van der Waals surface area contributed by atoms with Crippen LogP contribution in [-0.4, -0.2) is 36.7 Å². The highest BCUT2D eigenvalue weighted by molar-refractivity contribution is 6.18. The lowest BCUT2D eigenvalue weighted by Gasteiger charge is -2.20. The highest BCUT2D eigenvalue weighted by Crippen LogP contribution is 2.25. The first-order valence-corrected chi connectivity index (χ1v) is 7.07. The van der Waals surface area contributed by atoms with Crippen LogP contribution in [-0.2, 0) is 0 Å².